The summed E-state index contributed by atoms with van der Waals surface area (Å²) in [6.07, 6.45) is 0.0884. The summed E-state index contributed by atoms with van der Waals surface area (Å²) in [6.45, 7) is 2.37. The van der Waals surface area contributed by atoms with Gasteiger partial charge < -0.3 is 15.1 Å². The summed E-state index contributed by atoms with van der Waals surface area (Å²) in [7, 11) is 0. The molecule has 2 aromatic rings. The average molecular weight is 391 g/mol. The number of anilines is 1. The zero-order valence-corrected chi connectivity index (χ0v) is 15.1. The Morgan fingerprint density at radius 3 is 2.18 bits per heavy atom. The second kappa shape index (κ2) is 8.77. The van der Waals surface area contributed by atoms with Crippen LogP contribution < -0.4 is 10.2 Å². The monoisotopic (exact) mass is 391 g/mol. The van der Waals surface area contributed by atoms with Crippen LogP contribution in [-0.2, 0) is 4.79 Å². The molecule has 2 aromatic carbocycles. The number of benzene rings is 2. The molecule has 0 spiro atoms. The highest BCUT2D eigenvalue weighted by atomic mass is 19.1. The zero-order valence-electron chi connectivity index (χ0n) is 15.1. The molecular formula is C20H20F3N3O2. The van der Waals surface area contributed by atoms with Crippen molar-refractivity contribution in [3.8, 4) is 0 Å². The maximum Gasteiger partial charge on any atom is 0.254 e. The van der Waals surface area contributed by atoms with Gasteiger partial charge in [-0.3, -0.25) is 9.59 Å². The Morgan fingerprint density at radius 1 is 0.893 bits per heavy atom. The zero-order chi connectivity index (χ0) is 20.1. The minimum absolute atomic E-state index is 0.0622. The van der Waals surface area contributed by atoms with E-state index in [1.807, 2.05) is 0 Å². The van der Waals surface area contributed by atoms with Gasteiger partial charge >= 0.3 is 0 Å². The molecule has 0 aromatic heterocycles. The minimum Gasteiger partial charge on any atom is -0.368 e. The number of rotatable bonds is 5. The largest absolute Gasteiger partial charge is 0.368 e. The fourth-order valence-electron chi connectivity index (χ4n) is 3.08. The van der Waals surface area contributed by atoms with Gasteiger partial charge in [0, 0.05) is 50.9 Å². The predicted molar refractivity (Wildman–Crippen MR) is 98.5 cm³/mol. The Morgan fingerprint density at radius 2 is 1.54 bits per heavy atom. The number of nitrogens with one attached hydrogen (secondary N) is 1. The fourth-order valence-corrected chi connectivity index (χ4v) is 3.08. The quantitative estimate of drug-likeness (QED) is 0.853. The van der Waals surface area contributed by atoms with Crippen LogP contribution in [0, 0.1) is 17.5 Å². The van der Waals surface area contributed by atoms with Crippen LogP contribution in [0.1, 0.15) is 16.8 Å². The van der Waals surface area contributed by atoms with Gasteiger partial charge in [-0.1, -0.05) is 0 Å². The molecule has 0 bridgehead atoms. The highest BCUT2D eigenvalue weighted by Crippen LogP contribution is 2.17. The second-order valence-electron chi connectivity index (χ2n) is 6.47. The minimum atomic E-state index is -0.944. The Hall–Kier alpha value is -3.03. The van der Waals surface area contributed by atoms with Gasteiger partial charge in [0.2, 0.25) is 5.91 Å². The van der Waals surface area contributed by atoms with Crippen molar-refractivity contribution >= 4 is 17.5 Å². The van der Waals surface area contributed by atoms with Crippen molar-refractivity contribution in [1.82, 2.24) is 10.2 Å². The van der Waals surface area contributed by atoms with Gasteiger partial charge in [0.25, 0.3) is 5.91 Å². The lowest BCUT2D eigenvalue weighted by Gasteiger charge is -2.36. The van der Waals surface area contributed by atoms with Crippen LogP contribution in [0.5, 0.6) is 0 Å². The third-order valence-corrected chi connectivity index (χ3v) is 4.62. The SMILES string of the molecule is O=C(NCCC(=O)N1CCN(c2ccc(F)cc2)CC1)c1ccc(F)cc1F. The van der Waals surface area contributed by atoms with Crippen LogP contribution in [0.4, 0.5) is 18.9 Å². The topological polar surface area (TPSA) is 52.7 Å². The average Bonchev–Trinajstić information content (AvgIpc) is 2.68. The Bertz CT molecular complexity index is 850. The number of halogens is 3. The molecule has 0 unspecified atom stereocenters. The summed E-state index contributed by atoms with van der Waals surface area (Å²) in [5.41, 5.74) is 0.642. The van der Waals surface area contributed by atoms with E-state index in [0.29, 0.717) is 32.2 Å². The molecule has 2 amide bonds. The smallest absolute Gasteiger partial charge is 0.254 e. The van der Waals surface area contributed by atoms with Gasteiger partial charge in [0.1, 0.15) is 17.5 Å². The lowest BCUT2D eigenvalue weighted by molar-refractivity contribution is -0.131. The molecule has 1 heterocycles. The number of carbonyl (C=O) groups is 2. The maximum atomic E-state index is 13.6. The predicted octanol–water partition coefficient (Wildman–Crippen LogP) is 2.57. The molecule has 1 N–H and O–H groups in total. The fraction of sp³-hybridized carbons (Fsp3) is 0.300. The number of carbonyl (C=O) groups excluding carboxylic acids is 2. The van der Waals surface area contributed by atoms with E-state index in [9.17, 15) is 22.8 Å². The van der Waals surface area contributed by atoms with Crippen molar-refractivity contribution in [2.75, 3.05) is 37.6 Å². The highest BCUT2D eigenvalue weighted by molar-refractivity contribution is 5.94. The molecule has 0 aliphatic carbocycles. The van der Waals surface area contributed by atoms with Gasteiger partial charge in [-0.25, -0.2) is 13.2 Å². The number of hydrogen-bond donors (Lipinski definition) is 1. The van der Waals surface area contributed by atoms with Gasteiger partial charge in [-0.2, -0.15) is 0 Å². The normalized spacial score (nSPS) is 14.1. The van der Waals surface area contributed by atoms with E-state index in [0.717, 1.165) is 17.8 Å². The first-order valence-electron chi connectivity index (χ1n) is 8.95. The lowest BCUT2D eigenvalue weighted by Crippen LogP contribution is -2.49. The van der Waals surface area contributed by atoms with E-state index in [-0.39, 0.29) is 30.3 Å². The Balaban J connectivity index is 1.43. The van der Waals surface area contributed by atoms with E-state index < -0.39 is 17.5 Å². The molecule has 148 valence electrons. The molecule has 0 radical (unpaired) electrons. The van der Waals surface area contributed by atoms with Crippen LogP contribution in [0.2, 0.25) is 0 Å². The van der Waals surface area contributed by atoms with Crippen LogP contribution >= 0.6 is 0 Å². The first kappa shape index (κ1) is 19.7. The van der Waals surface area contributed by atoms with Crippen molar-refractivity contribution in [2.45, 2.75) is 6.42 Å². The van der Waals surface area contributed by atoms with Crippen molar-refractivity contribution in [3.05, 3.63) is 65.5 Å². The Labute approximate surface area is 160 Å². The highest BCUT2D eigenvalue weighted by Gasteiger charge is 2.21. The lowest BCUT2D eigenvalue weighted by atomic mass is 10.2. The van der Waals surface area contributed by atoms with E-state index >= 15 is 0 Å². The third kappa shape index (κ3) is 4.82. The third-order valence-electron chi connectivity index (χ3n) is 4.62. The molecule has 8 heteroatoms. The van der Waals surface area contributed by atoms with Crippen LogP contribution in [0.25, 0.3) is 0 Å². The summed E-state index contributed by atoms with van der Waals surface area (Å²) < 4.78 is 39.5. The van der Waals surface area contributed by atoms with E-state index in [1.54, 1.807) is 17.0 Å². The molecular weight excluding hydrogens is 371 g/mol. The number of amides is 2. The number of nitrogens with zero attached hydrogens (tertiary/aromatic N) is 2. The van der Waals surface area contributed by atoms with Crippen LogP contribution in [0.3, 0.4) is 0 Å². The van der Waals surface area contributed by atoms with Crippen molar-refractivity contribution < 1.29 is 22.8 Å². The van der Waals surface area contributed by atoms with Gasteiger partial charge in [0.05, 0.1) is 5.56 Å². The maximum absolute atomic E-state index is 13.6. The standard InChI is InChI=1S/C20H20F3N3O2/c21-14-1-4-16(5-2-14)25-9-11-26(12-10-25)19(27)7-8-24-20(28)17-6-3-15(22)13-18(17)23/h1-6,13H,7-12H2,(H,24,28). The van der Waals surface area contributed by atoms with E-state index in [1.165, 1.54) is 12.1 Å². The van der Waals surface area contributed by atoms with E-state index in [4.69, 9.17) is 0 Å². The summed E-state index contributed by atoms with van der Waals surface area (Å²) in [4.78, 5) is 28.0. The summed E-state index contributed by atoms with van der Waals surface area (Å²) in [6, 6.07) is 8.92. The molecule has 3 rings (SSSR count). The second-order valence-corrected chi connectivity index (χ2v) is 6.47. The van der Waals surface area contributed by atoms with Crippen LogP contribution in [-0.4, -0.2) is 49.4 Å². The van der Waals surface area contributed by atoms with Gasteiger partial charge in [-0.15, -0.1) is 0 Å². The first-order valence-corrected chi connectivity index (χ1v) is 8.95. The van der Waals surface area contributed by atoms with Gasteiger partial charge in [-0.05, 0) is 36.4 Å². The summed E-state index contributed by atoms with van der Waals surface area (Å²) in [5, 5.41) is 2.47. The molecule has 1 aliphatic rings. The summed E-state index contributed by atoms with van der Waals surface area (Å²) in [5.74, 6) is -2.80. The summed E-state index contributed by atoms with van der Waals surface area (Å²) >= 11 is 0. The van der Waals surface area contributed by atoms with Crippen molar-refractivity contribution in [1.29, 1.82) is 0 Å². The molecule has 0 saturated carbocycles. The molecule has 5 nitrogen and oxygen atoms in total. The van der Waals surface area contributed by atoms with Gasteiger partial charge in [0.15, 0.2) is 0 Å². The number of piperazine rings is 1. The molecule has 0 atom stereocenters. The first-order chi connectivity index (χ1) is 13.4. The van der Waals surface area contributed by atoms with Crippen molar-refractivity contribution in [3.63, 3.8) is 0 Å². The molecule has 1 saturated heterocycles. The van der Waals surface area contributed by atoms with Crippen LogP contribution in [0.15, 0.2) is 42.5 Å². The molecule has 1 aliphatic heterocycles. The number of hydrogen-bond acceptors (Lipinski definition) is 3. The van der Waals surface area contributed by atoms with E-state index in [2.05, 4.69) is 10.2 Å². The van der Waals surface area contributed by atoms with Crippen molar-refractivity contribution in [2.24, 2.45) is 0 Å². The Kier molecular flexibility index (Phi) is 6.18. The molecule has 28 heavy (non-hydrogen) atoms. The molecule has 1 fully saturated rings.